The van der Waals surface area contributed by atoms with Crippen LogP contribution in [-0.2, 0) is 0 Å². The summed E-state index contributed by atoms with van der Waals surface area (Å²) in [6.07, 6.45) is 0. The maximum Gasteiger partial charge on any atom is 0.145 e. The first-order valence-electron chi connectivity index (χ1n) is 10.5. The second-order valence-electron chi connectivity index (χ2n) is 9.56. The van der Waals surface area contributed by atoms with E-state index >= 15 is 0 Å². The molecular formula is C27H34N2. The van der Waals surface area contributed by atoms with Crippen LogP contribution in [0.3, 0.4) is 0 Å². The fourth-order valence-corrected chi connectivity index (χ4v) is 3.81. The minimum absolute atomic E-state index is 0.0709. The summed E-state index contributed by atoms with van der Waals surface area (Å²) in [6.45, 7) is 24.4. The van der Waals surface area contributed by atoms with E-state index in [0.29, 0.717) is 11.8 Å². The summed E-state index contributed by atoms with van der Waals surface area (Å²) in [5.41, 5.74) is 7.84. The molecule has 0 radical (unpaired) electrons. The molecular weight excluding hydrogens is 352 g/mol. The molecule has 3 rings (SSSR count). The first kappa shape index (κ1) is 21.1. The summed E-state index contributed by atoms with van der Waals surface area (Å²) in [5.74, 6) is 1.69. The van der Waals surface area contributed by atoms with Gasteiger partial charge >= 0.3 is 0 Å². The topological polar surface area (TPSA) is 17.8 Å². The van der Waals surface area contributed by atoms with Crippen molar-refractivity contribution in [1.82, 2.24) is 9.55 Å². The fourth-order valence-electron chi connectivity index (χ4n) is 3.81. The number of fused-ring (bicyclic) bond motifs is 1. The number of rotatable bonds is 5. The van der Waals surface area contributed by atoms with E-state index in [-0.39, 0.29) is 5.41 Å². The number of para-hydroxylation sites is 3. The van der Waals surface area contributed by atoms with Crippen molar-refractivity contribution < 1.29 is 0 Å². The molecule has 2 heteroatoms. The monoisotopic (exact) mass is 386 g/mol. The molecule has 152 valence electrons. The maximum absolute atomic E-state index is 5.03. The molecule has 0 aliphatic carbocycles. The van der Waals surface area contributed by atoms with E-state index < -0.39 is 0 Å². The summed E-state index contributed by atoms with van der Waals surface area (Å²) in [6, 6.07) is 15.0. The van der Waals surface area contributed by atoms with Gasteiger partial charge in [-0.05, 0) is 46.1 Å². The van der Waals surface area contributed by atoms with Gasteiger partial charge in [0.15, 0.2) is 0 Å². The van der Waals surface area contributed by atoms with Crippen LogP contribution in [0.1, 0.15) is 77.3 Å². The molecule has 0 aliphatic rings. The second-order valence-corrected chi connectivity index (χ2v) is 9.56. The van der Waals surface area contributed by atoms with E-state index in [1.807, 2.05) is 6.07 Å². The molecule has 0 saturated heterocycles. The molecule has 2 aromatic carbocycles. The summed E-state index contributed by atoms with van der Waals surface area (Å²) >= 11 is 0. The van der Waals surface area contributed by atoms with Gasteiger partial charge < -0.3 is 0 Å². The summed E-state index contributed by atoms with van der Waals surface area (Å²) in [5, 5.41) is 0. The van der Waals surface area contributed by atoms with E-state index in [1.54, 1.807) is 0 Å². The Bertz CT molecular complexity index is 1050. The number of imidazole rings is 1. The lowest BCUT2D eigenvalue weighted by atomic mass is 9.83. The number of nitrogens with zero attached hydrogens (tertiary/aromatic N) is 2. The molecule has 29 heavy (non-hydrogen) atoms. The van der Waals surface area contributed by atoms with Crippen molar-refractivity contribution in [2.75, 3.05) is 0 Å². The third kappa shape index (κ3) is 3.81. The van der Waals surface area contributed by atoms with Gasteiger partial charge in [-0.15, -0.1) is 0 Å². The number of aromatic nitrogens is 2. The van der Waals surface area contributed by atoms with Crippen LogP contribution >= 0.6 is 0 Å². The van der Waals surface area contributed by atoms with Gasteiger partial charge in [0.2, 0.25) is 0 Å². The Kier molecular flexibility index (Phi) is 5.58. The Hall–Kier alpha value is -2.61. The smallest absolute Gasteiger partial charge is 0.145 e. The van der Waals surface area contributed by atoms with Gasteiger partial charge in [-0.3, -0.25) is 4.57 Å². The predicted molar refractivity (Wildman–Crippen MR) is 127 cm³/mol. The third-order valence-corrected chi connectivity index (χ3v) is 5.67. The average Bonchev–Trinajstić information content (AvgIpc) is 3.04. The molecule has 0 spiro atoms. The SMILES string of the molecule is C=C(C(=C)C(C)(C)C)c1nc2ccccc2n1-c1c(C(C)C)cccc1C(C)C. The van der Waals surface area contributed by atoms with E-state index in [9.17, 15) is 0 Å². The second kappa shape index (κ2) is 7.67. The van der Waals surface area contributed by atoms with Gasteiger partial charge in [-0.1, -0.05) is 92.0 Å². The van der Waals surface area contributed by atoms with Gasteiger partial charge in [-0.2, -0.15) is 0 Å². The van der Waals surface area contributed by atoms with Gasteiger partial charge in [0, 0.05) is 5.57 Å². The summed E-state index contributed by atoms with van der Waals surface area (Å²) in [7, 11) is 0. The Morgan fingerprint density at radius 3 is 1.93 bits per heavy atom. The maximum atomic E-state index is 5.03. The average molecular weight is 387 g/mol. The van der Waals surface area contributed by atoms with Crippen molar-refractivity contribution >= 4 is 16.6 Å². The highest BCUT2D eigenvalue weighted by molar-refractivity contribution is 5.86. The van der Waals surface area contributed by atoms with Crippen LogP contribution in [0.15, 0.2) is 61.2 Å². The minimum Gasteiger partial charge on any atom is -0.292 e. The van der Waals surface area contributed by atoms with E-state index in [2.05, 4.69) is 103 Å². The third-order valence-electron chi connectivity index (χ3n) is 5.67. The Labute approximate surface area is 176 Å². The molecule has 0 unspecified atom stereocenters. The van der Waals surface area contributed by atoms with Crippen LogP contribution in [0.25, 0.3) is 22.3 Å². The van der Waals surface area contributed by atoms with Crippen LogP contribution in [0.4, 0.5) is 0 Å². The highest BCUT2D eigenvalue weighted by Gasteiger charge is 2.26. The molecule has 3 aromatic rings. The van der Waals surface area contributed by atoms with E-state index in [0.717, 1.165) is 28.0 Å². The zero-order chi connectivity index (χ0) is 21.5. The Morgan fingerprint density at radius 2 is 1.41 bits per heavy atom. The highest BCUT2D eigenvalue weighted by Crippen LogP contribution is 2.39. The van der Waals surface area contributed by atoms with E-state index in [4.69, 9.17) is 4.98 Å². The van der Waals surface area contributed by atoms with Crippen LogP contribution in [0.5, 0.6) is 0 Å². The normalized spacial score (nSPS) is 12.2. The van der Waals surface area contributed by atoms with Crippen LogP contribution in [0, 0.1) is 5.41 Å². The lowest BCUT2D eigenvalue weighted by Crippen LogP contribution is -2.14. The molecule has 1 aromatic heterocycles. The summed E-state index contributed by atoms with van der Waals surface area (Å²) < 4.78 is 2.32. The number of hydrogen-bond acceptors (Lipinski definition) is 1. The molecule has 0 aliphatic heterocycles. The highest BCUT2D eigenvalue weighted by atomic mass is 15.1. The molecule has 2 nitrogen and oxygen atoms in total. The Balaban J connectivity index is 2.43. The standard InChI is InChI=1S/C27H34N2/c1-17(2)21-13-12-14-22(18(3)4)25(21)29-24-16-11-10-15-23(24)28-26(29)19(5)20(6)27(7,8)9/h10-18H,5-6H2,1-4,7-9H3. The van der Waals surface area contributed by atoms with E-state index in [1.165, 1.54) is 16.8 Å². The van der Waals surface area contributed by atoms with Gasteiger partial charge in [0.05, 0.1) is 16.7 Å². The zero-order valence-corrected chi connectivity index (χ0v) is 19.0. The predicted octanol–water partition coefficient (Wildman–Crippen LogP) is 7.89. The lowest BCUT2D eigenvalue weighted by molar-refractivity contribution is 0.522. The van der Waals surface area contributed by atoms with Crippen LogP contribution in [0.2, 0.25) is 0 Å². The summed E-state index contributed by atoms with van der Waals surface area (Å²) in [4.78, 5) is 5.03. The molecule has 1 heterocycles. The molecule has 0 atom stereocenters. The first-order chi connectivity index (χ1) is 13.5. The molecule has 0 bridgehead atoms. The number of allylic oxidation sites excluding steroid dienone is 2. The van der Waals surface area contributed by atoms with Crippen LogP contribution < -0.4 is 0 Å². The van der Waals surface area contributed by atoms with Crippen molar-refractivity contribution in [3.05, 3.63) is 78.1 Å². The van der Waals surface area contributed by atoms with Crippen molar-refractivity contribution in [3.8, 4) is 5.69 Å². The van der Waals surface area contributed by atoms with Crippen molar-refractivity contribution in [2.45, 2.75) is 60.3 Å². The quantitative estimate of drug-likeness (QED) is 0.408. The van der Waals surface area contributed by atoms with Crippen molar-refractivity contribution in [2.24, 2.45) is 5.41 Å². The van der Waals surface area contributed by atoms with Gasteiger partial charge in [0.25, 0.3) is 0 Å². The van der Waals surface area contributed by atoms with Gasteiger partial charge in [-0.25, -0.2) is 4.98 Å². The first-order valence-corrected chi connectivity index (χ1v) is 10.5. The number of hydrogen-bond donors (Lipinski definition) is 0. The van der Waals surface area contributed by atoms with Crippen molar-refractivity contribution in [3.63, 3.8) is 0 Å². The molecule has 0 N–H and O–H groups in total. The molecule has 0 amide bonds. The number of benzene rings is 2. The fraction of sp³-hybridized carbons (Fsp3) is 0.370. The lowest BCUT2D eigenvalue weighted by Gasteiger charge is -2.26. The minimum atomic E-state index is -0.0709. The zero-order valence-electron chi connectivity index (χ0n) is 19.0. The molecule has 0 fully saturated rings. The van der Waals surface area contributed by atoms with Crippen molar-refractivity contribution in [1.29, 1.82) is 0 Å². The largest absolute Gasteiger partial charge is 0.292 e. The Morgan fingerprint density at radius 1 is 0.862 bits per heavy atom. The van der Waals surface area contributed by atoms with Crippen LogP contribution in [-0.4, -0.2) is 9.55 Å². The molecule has 0 saturated carbocycles. The van der Waals surface area contributed by atoms with Gasteiger partial charge in [0.1, 0.15) is 5.82 Å².